The quantitative estimate of drug-likeness (QED) is 0.887. The van der Waals surface area contributed by atoms with Crippen molar-refractivity contribution in [3.63, 3.8) is 0 Å². The molecule has 6 nitrogen and oxygen atoms in total. The van der Waals surface area contributed by atoms with Crippen LogP contribution in [0.25, 0.3) is 0 Å². The molecular formula is C13H23N3O3S. The molecule has 1 aliphatic heterocycles. The van der Waals surface area contributed by atoms with E-state index in [0.29, 0.717) is 30.5 Å². The highest BCUT2D eigenvalue weighted by Crippen LogP contribution is 2.28. The summed E-state index contributed by atoms with van der Waals surface area (Å²) in [5, 5.41) is 6.88. The Hall–Kier alpha value is -0.920. The van der Waals surface area contributed by atoms with Crippen molar-refractivity contribution in [3.8, 4) is 0 Å². The molecule has 0 saturated carbocycles. The first-order valence-corrected chi connectivity index (χ1v) is 8.48. The summed E-state index contributed by atoms with van der Waals surface area (Å²) < 4.78 is 31.8. The molecule has 1 aromatic heterocycles. The van der Waals surface area contributed by atoms with Gasteiger partial charge in [-0.1, -0.05) is 5.16 Å². The first-order valence-electron chi connectivity index (χ1n) is 7.04. The van der Waals surface area contributed by atoms with Crippen LogP contribution < -0.4 is 5.32 Å². The first-order chi connectivity index (χ1) is 9.46. The molecule has 1 saturated heterocycles. The lowest BCUT2D eigenvalue weighted by atomic mass is 9.95. The molecule has 2 rings (SSSR count). The summed E-state index contributed by atoms with van der Waals surface area (Å²) in [5.41, 5.74) is 0.444. The Morgan fingerprint density at radius 3 is 2.50 bits per heavy atom. The summed E-state index contributed by atoms with van der Waals surface area (Å²) in [6.45, 7) is 5.47. The van der Waals surface area contributed by atoms with Crippen LogP contribution in [0.3, 0.4) is 0 Å². The minimum absolute atomic E-state index is 0.242. The molecule has 0 radical (unpaired) electrons. The third kappa shape index (κ3) is 3.05. The van der Waals surface area contributed by atoms with Crippen LogP contribution in [0, 0.1) is 19.8 Å². The van der Waals surface area contributed by atoms with E-state index in [9.17, 15) is 8.42 Å². The highest BCUT2D eigenvalue weighted by Gasteiger charge is 2.33. The SMILES string of the molecule is CNCCC1CCN(S(=O)(=O)c2c(C)noc2C)CC1. The van der Waals surface area contributed by atoms with E-state index in [0.717, 1.165) is 25.8 Å². The number of aromatic nitrogens is 1. The second kappa shape index (κ2) is 6.24. The molecule has 114 valence electrons. The van der Waals surface area contributed by atoms with Crippen molar-refractivity contribution < 1.29 is 12.9 Å². The highest BCUT2D eigenvalue weighted by molar-refractivity contribution is 7.89. The molecule has 0 bridgehead atoms. The summed E-state index contributed by atoms with van der Waals surface area (Å²) in [5.74, 6) is 0.985. The monoisotopic (exact) mass is 301 g/mol. The van der Waals surface area contributed by atoms with Crippen LogP contribution in [0.4, 0.5) is 0 Å². The molecule has 7 heteroatoms. The van der Waals surface area contributed by atoms with Gasteiger partial charge in [-0.2, -0.15) is 4.31 Å². The summed E-state index contributed by atoms with van der Waals surface area (Å²) in [4.78, 5) is 0.242. The maximum Gasteiger partial charge on any atom is 0.248 e. The predicted molar refractivity (Wildman–Crippen MR) is 76.0 cm³/mol. The van der Waals surface area contributed by atoms with E-state index >= 15 is 0 Å². The van der Waals surface area contributed by atoms with E-state index in [4.69, 9.17) is 4.52 Å². The van der Waals surface area contributed by atoms with Gasteiger partial charge in [0.25, 0.3) is 0 Å². The molecule has 0 atom stereocenters. The number of rotatable bonds is 5. The third-order valence-electron chi connectivity index (χ3n) is 3.94. The van der Waals surface area contributed by atoms with E-state index < -0.39 is 10.0 Å². The van der Waals surface area contributed by atoms with E-state index in [-0.39, 0.29) is 4.90 Å². The number of piperidine rings is 1. The molecule has 1 fully saturated rings. The summed E-state index contributed by atoms with van der Waals surface area (Å²) >= 11 is 0. The summed E-state index contributed by atoms with van der Waals surface area (Å²) in [7, 11) is -1.52. The van der Waals surface area contributed by atoms with Gasteiger partial charge >= 0.3 is 0 Å². The Morgan fingerprint density at radius 2 is 2.00 bits per heavy atom. The lowest BCUT2D eigenvalue weighted by Crippen LogP contribution is -2.39. The van der Waals surface area contributed by atoms with Crippen molar-refractivity contribution in [1.82, 2.24) is 14.8 Å². The molecule has 1 N–H and O–H groups in total. The maximum absolute atomic E-state index is 12.6. The smallest absolute Gasteiger partial charge is 0.248 e. The fraction of sp³-hybridized carbons (Fsp3) is 0.769. The van der Waals surface area contributed by atoms with Crippen molar-refractivity contribution in [2.24, 2.45) is 5.92 Å². The Bertz CT molecular complexity index is 526. The lowest BCUT2D eigenvalue weighted by molar-refractivity contribution is 0.262. The van der Waals surface area contributed by atoms with Crippen LogP contribution in [0.2, 0.25) is 0 Å². The average Bonchev–Trinajstić information content (AvgIpc) is 2.77. The number of hydrogen-bond acceptors (Lipinski definition) is 5. The molecule has 1 aromatic rings. The second-order valence-electron chi connectivity index (χ2n) is 5.39. The van der Waals surface area contributed by atoms with Gasteiger partial charge in [-0.05, 0) is 52.6 Å². The second-order valence-corrected chi connectivity index (χ2v) is 7.27. The van der Waals surface area contributed by atoms with Gasteiger partial charge < -0.3 is 9.84 Å². The molecular weight excluding hydrogens is 278 g/mol. The summed E-state index contributed by atoms with van der Waals surface area (Å²) in [6, 6.07) is 0. The average molecular weight is 301 g/mol. The Morgan fingerprint density at radius 1 is 1.35 bits per heavy atom. The van der Waals surface area contributed by atoms with Crippen LogP contribution in [-0.2, 0) is 10.0 Å². The minimum Gasteiger partial charge on any atom is -0.360 e. The zero-order chi connectivity index (χ0) is 14.8. The van der Waals surface area contributed by atoms with E-state index in [1.165, 1.54) is 0 Å². The first kappa shape index (κ1) is 15.5. The van der Waals surface area contributed by atoms with Gasteiger partial charge in [-0.3, -0.25) is 0 Å². The molecule has 1 aliphatic rings. The molecule has 0 amide bonds. The third-order valence-corrected chi connectivity index (χ3v) is 6.09. The van der Waals surface area contributed by atoms with Crippen LogP contribution >= 0.6 is 0 Å². The van der Waals surface area contributed by atoms with Crippen molar-refractivity contribution in [2.75, 3.05) is 26.7 Å². The van der Waals surface area contributed by atoms with E-state index in [1.807, 2.05) is 7.05 Å². The fourth-order valence-corrected chi connectivity index (χ4v) is 4.52. The number of nitrogens with one attached hydrogen (secondary N) is 1. The molecule has 0 aliphatic carbocycles. The summed E-state index contributed by atoms with van der Waals surface area (Å²) in [6.07, 6.45) is 2.95. The highest BCUT2D eigenvalue weighted by atomic mass is 32.2. The Labute approximate surface area is 120 Å². The van der Waals surface area contributed by atoms with Gasteiger partial charge in [-0.25, -0.2) is 8.42 Å². The zero-order valence-electron chi connectivity index (χ0n) is 12.3. The number of nitrogens with zero attached hydrogens (tertiary/aromatic N) is 2. The fourth-order valence-electron chi connectivity index (χ4n) is 2.76. The zero-order valence-corrected chi connectivity index (χ0v) is 13.2. The van der Waals surface area contributed by atoms with Crippen LogP contribution in [-0.4, -0.2) is 44.6 Å². The topological polar surface area (TPSA) is 75.4 Å². The van der Waals surface area contributed by atoms with Crippen molar-refractivity contribution >= 4 is 10.0 Å². The molecule has 2 heterocycles. The minimum atomic E-state index is -3.46. The Kier molecular flexibility index (Phi) is 4.82. The Balaban J connectivity index is 2.06. The van der Waals surface area contributed by atoms with Crippen LogP contribution in [0.15, 0.2) is 9.42 Å². The van der Waals surface area contributed by atoms with Gasteiger partial charge in [0.05, 0.1) is 0 Å². The molecule has 0 spiro atoms. The van der Waals surface area contributed by atoms with Crippen LogP contribution in [0.5, 0.6) is 0 Å². The standard InChI is InChI=1S/C13H23N3O3S/c1-10-13(11(2)19-15-10)20(17,18)16-8-5-12(6-9-16)4-7-14-3/h12,14H,4-9H2,1-3H3. The molecule has 0 aromatic carbocycles. The number of hydrogen-bond donors (Lipinski definition) is 1. The number of sulfonamides is 1. The molecule has 0 unspecified atom stereocenters. The van der Waals surface area contributed by atoms with Crippen molar-refractivity contribution in [1.29, 1.82) is 0 Å². The van der Waals surface area contributed by atoms with Crippen LogP contribution in [0.1, 0.15) is 30.7 Å². The lowest BCUT2D eigenvalue weighted by Gasteiger charge is -2.31. The van der Waals surface area contributed by atoms with Gasteiger partial charge in [0.2, 0.25) is 10.0 Å². The largest absolute Gasteiger partial charge is 0.360 e. The van der Waals surface area contributed by atoms with E-state index in [1.54, 1.807) is 18.2 Å². The number of aryl methyl sites for hydroxylation is 2. The van der Waals surface area contributed by atoms with Crippen molar-refractivity contribution in [2.45, 2.75) is 38.0 Å². The van der Waals surface area contributed by atoms with Gasteiger partial charge in [0.1, 0.15) is 10.6 Å². The molecule has 20 heavy (non-hydrogen) atoms. The maximum atomic E-state index is 12.6. The predicted octanol–water partition coefficient (Wildman–Crippen LogP) is 1.30. The van der Waals surface area contributed by atoms with Gasteiger partial charge in [0, 0.05) is 13.1 Å². The van der Waals surface area contributed by atoms with Gasteiger partial charge in [-0.15, -0.1) is 0 Å². The van der Waals surface area contributed by atoms with E-state index in [2.05, 4.69) is 10.5 Å². The van der Waals surface area contributed by atoms with Gasteiger partial charge in [0.15, 0.2) is 5.76 Å². The van der Waals surface area contributed by atoms with Crippen molar-refractivity contribution in [3.05, 3.63) is 11.5 Å². The normalized spacial score (nSPS) is 18.6.